The van der Waals surface area contributed by atoms with Crippen LogP contribution in [0.5, 0.6) is 0 Å². The summed E-state index contributed by atoms with van der Waals surface area (Å²) in [6.07, 6.45) is 15.3. The molecule has 3 aliphatic rings. The van der Waals surface area contributed by atoms with Crippen LogP contribution in [0.4, 0.5) is 11.5 Å². The number of nitrogens with one attached hydrogen (secondary N) is 1. The SMILES string of the molecule is CC(c1ccc(N2CCCC(NCC3CC3)C2)cn1)n1cc(-c2cncc(N3CCCC3)n2)nn1. The molecular formula is C26H35N9. The van der Waals surface area contributed by atoms with Gasteiger partial charge in [-0.1, -0.05) is 5.21 Å². The predicted molar refractivity (Wildman–Crippen MR) is 137 cm³/mol. The molecule has 1 saturated carbocycles. The van der Waals surface area contributed by atoms with Crippen LogP contribution in [0.2, 0.25) is 0 Å². The number of rotatable bonds is 8. The van der Waals surface area contributed by atoms with Crippen molar-refractivity contribution in [1.82, 2.24) is 35.3 Å². The maximum atomic E-state index is 4.80. The van der Waals surface area contributed by atoms with Gasteiger partial charge < -0.3 is 15.1 Å². The van der Waals surface area contributed by atoms with Crippen molar-refractivity contribution in [3.63, 3.8) is 0 Å². The molecule has 2 saturated heterocycles. The van der Waals surface area contributed by atoms with Crippen molar-refractivity contribution in [1.29, 1.82) is 0 Å². The van der Waals surface area contributed by atoms with E-state index in [9.17, 15) is 0 Å². The maximum Gasteiger partial charge on any atom is 0.147 e. The van der Waals surface area contributed by atoms with Crippen molar-refractivity contribution in [2.24, 2.45) is 5.92 Å². The molecule has 1 aliphatic carbocycles. The van der Waals surface area contributed by atoms with Gasteiger partial charge in [0.15, 0.2) is 0 Å². The number of pyridine rings is 1. The minimum Gasteiger partial charge on any atom is -0.369 e. The summed E-state index contributed by atoms with van der Waals surface area (Å²) < 4.78 is 1.86. The molecule has 0 aromatic carbocycles. The van der Waals surface area contributed by atoms with Crippen LogP contribution in [0.1, 0.15) is 57.2 Å². The third-order valence-electron chi connectivity index (χ3n) is 7.60. The van der Waals surface area contributed by atoms with Gasteiger partial charge in [-0.2, -0.15) is 0 Å². The quantitative estimate of drug-likeness (QED) is 0.533. The first-order chi connectivity index (χ1) is 17.2. The Balaban J connectivity index is 1.11. The van der Waals surface area contributed by atoms with E-state index in [1.165, 1.54) is 50.8 Å². The smallest absolute Gasteiger partial charge is 0.147 e. The van der Waals surface area contributed by atoms with Crippen molar-refractivity contribution >= 4 is 11.5 Å². The third kappa shape index (κ3) is 5.15. The first-order valence-corrected chi connectivity index (χ1v) is 13.2. The molecule has 3 fully saturated rings. The van der Waals surface area contributed by atoms with Crippen LogP contribution in [-0.2, 0) is 0 Å². The van der Waals surface area contributed by atoms with Gasteiger partial charge in [0, 0.05) is 32.2 Å². The highest BCUT2D eigenvalue weighted by atomic mass is 15.4. The largest absolute Gasteiger partial charge is 0.369 e. The van der Waals surface area contributed by atoms with E-state index in [-0.39, 0.29) is 6.04 Å². The number of piperidine rings is 1. The molecule has 3 aromatic rings. The molecule has 1 N–H and O–H groups in total. The Hall–Kier alpha value is -3.07. The van der Waals surface area contributed by atoms with E-state index < -0.39 is 0 Å². The van der Waals surface area contributed by atoms with Gasteiger partial charge in [0.1, 0.15) is 17.2 Å². The highest BCUT2D eigenvalue weighted by Crippen LogP contribution is 2.29. The Morgan fingerprint density at radius 2 is 1.83 bits per heavy atom. The van der Waals surface area contributed by atoms with Crippen molar-refractivity contribution in [3.8, 4) is 11.4 Å². The lowest BCUT2D eigenvalue weighted by atomic mass is 10.0. The number of hydrogen-bond donors (Lipinski definition) is 1. The third-order valence-corrected chi connectivity index (χ3v) is 7.60. The Labute approximate surface area is 207 Å². The topological polar surface area (TPSA) is 87.9 Å². The van der Waals surface area contributed by atoms with Gasteiger partial charge in [0.2, 0.25) is 0 Å². The molecule has 3 aromatic heterocycles. The minimum absolute atomic E-state index is 0.0191. The summed E-state index contributed by atoms with van der Waals surface area (Å²) in [5.74, 6) is 1.84. The lowest BCUT2D eigenvalue weighted by Gasteiger charge is -2.35. The molecule has 2 aliphatic heterocycles. The molecule has 0 bridgehead atoms. The second-order valence-corrected chi connectivity index (χ2v) is 10.3. The number of anilines is 2. The fourth-order valence-corrected chi connectivity index (χ4v) is 5.16. The molecule has 0 radical (unpaired) electrons. The zero-order valence-electron chi connectivity index (χ0n) is 20.6. The molecule has 5 heterocycles. The van der Waals surface area contributed by atoms with E-state index in [4.69, 9.17) is 9.97 Å². The van der Waals surface area contributed by atoms with Gasteiger partial charge in [0.25, 0.3) is 0 Å². The van der Waals surface area contributed by atoms with Crippen LogP contribution in [0.15, 0.2) is 36.9 Å². The second kappa shape index (κ2) is 9.89. The highest BCUT2D eigenvalue weighted by Gasteiger charge is 2.25. The molecule has 184 valence electrons. The number of aromatic nitrogens is 6. The summed E-state index contributed by atoms with van der Waals surface area (Å²) >= 11 is 0. The van der Waals surface area contributed by atoms with Gasteiger partial charge in [-0.3, -0.25) is 9.97 Å². The van der Waals surface area contributed by atoms with E-state index in [2.05, 4.69) is 49.5 Å². The Bertz CT molecular complexity index is 1120. The van der Waals surface area contributed by atoms with Gasteiger partial charge in [0.05, 0.1) is 42.2 Å². The molecule has 2 unspecified atom stereocenters. The molecule has 9 nitrogen and oxygen atoms in total. The lowest BCUT2D eigenvalue weighted by molar-refractivity contribution is 0.416. The van der Waals surface area contributed by atoms with Gasteiger partial charge in [-0.15, -0.1) is 5.10 Å². The average Bonchev–Trinajstić information content (AvgIpc) is 3.35. The second-order valence-electron chi connectivity index (χ2n) is 10.3. The molecule has 2 atom stereocenters. The van der Waals surface area contributed by atoms with E-state index in [1.54, 1.807) is 6.20 Å². The molecule has 35 heavy (non-hydrogen) atoms. The van der Waals surface area contributed by atoms with Crippen molar-refractivity contribution in [2.75, 3.05) is 42.5 Å². The Morgan fingerprint density at radius 3 is 2.63 bits per heavy atom. The first kappa shape index (κ1) is 22.4. The van der Waals surface area contributed by atoms with Crippen LogP contribution >= 0.6 is 0 Å². The molecular weight excluding hydrogens is 438 g/mol. The fraction of sp³-hybridized carbons (Fsp3) is 0.577. The van der Waals surface area contributed by atoms with Crippen LogP contribution in [-0.4, -0.2) is 68.7 Å². The zero-order chi connectivity index (χ0) is 23.6. The Kier molecular flexibility index (Phi) is 6.33. The van der Waals surface area contributed by atoms with E-state index in [0.717, 1.165) is 55.0 Å². The zero-order valence-corrected chi connectivity index (χ0v) is 20.6. The highest BCUT2D eigenvalue weighted by molar-refractivity contribution is 5.54. The van der Waals surface area contributed by atoms with Crippen LogP contribution in [0.25, 0.3) is 11.4 Å². The summed E-state index contributed by atoms with van der Waals surface area (Å²) in [5.41, 5.74) is 3.67. The van der Waals surface area contributed by atoms with Crippen molar-refractivity contribution in [2.45, 2.75) is 57.5 Å². The first-order valence-electron chi connectivity index (χ1n) is 13.2. The summed E-state index contributed by atoms with van der Waals surface area (Å²) in [5, 5.41) is 12.5. The Morgan fingerprint density at radius 1 is 0.971 bits per heavy atom. The van der Waals surface area contributed by atoms with Crippen LogP contribution in [0, 0.1) is 5.92 Å². The number of hydrogen-bond acceptors (Lipinski definition) is 8. The minimum atomic E-state index is -0.0191. The van der Waals surface area contributed by atoms with Crippen LogP contribution < -0.4 is 15.1 Å². The average molecular weight is 474 g/mol. The van der Waals surface area contributed by atoms with E-state index in [1.807, 2.05) is 23.3 Å². The standard InChI is InChI=1S/C26H35N9/c1-19(35-18-25(31-32-35)24-15-27-16-26(30-24)33-10-2-3-11-33)23-9-8-22(14-29-23)34-12-4-5-21(17-34)28-13-20-6-7-20/h8-9,14-16,18-21,28H,2-7,10-13,17H2,1H3. The van der Waals surface area contributed by atoms with Gasteiger partial charge in [-0.05, 0) is 70.0 Å². The van der Waals surface area contributed by atoms with E-state index >= 15 is 0 Å². The van der Waals surface area contributed by atoms with Crippen LogP contribution in [0.3, 0.4) is 0 Å². The molecule has 0 spiro atoms. The predicted octanol–water partition coefficient (Wildman–Crippen LogP) is 3.31. The monoisotopic (exact) mass is 473 g/mol. The van der Waals surface area contributed by atoms with Crippen molar-refractivity contribution in [3.05, 3.63) is 42.6 Å². The molecule has 9 heteroatoms. The van der Waals surface area contributed by atoms with E-state index in [0.29, 0.717) is 6.04 Å². The summed E-state index contributed by atoms with van der Waals surface area (Å²) in [7, 11) is 0. The number of nitrogens with zero attached hydrogens (tertiary/aromatic N) is 8. The van der Waals surface area contributed by atoms with Crippen molar-refractivity contribution < 1.29 is 0 Å². The fourth-order valence-electron chi connectivity index (χ4n) is 5.16. The molecule has 6 rings (SSSR count). The normalized spacial score (nSPS) is 21.5. The summed E-state index contributed by atoms with van der Waals surface area (Å²) in [4.78, 5) is 18.7. The maximum absolute atomic E-state index is 4.80. The van der Waals surface area contributed by atoms with Gasteiger partial charge >= 0.3 is 0 Å². The summed E-state index contributed by atoms with van der Waals surface area (Å²) in [6, 6.07) is 4.89. The summed E-state index contributed by atoms with van der Waals surface area (Å²) in [6.45, 7) is 7.53. The van der Waals surface area contributed by atoms with Gasteiger partial charge in [-0.25, -0.2) is 9.67 Å². The lowest BCUT2D eigenvalue weighted by Crippen LogP contribution is -2.46. The molecule has 0 amide bonds.